The number of carbonyl (C=O) groups excluding carboxylic acids is 4. The first-order chi connectivity index (χ1) is 20.3. The maximum Gasteiger partial charge on any atom is 0.408 e. The molecule has 3 aromatic rings. The zero-order chi connectivity index (χ0) is 31.6. The average molecular weight is 694 g/mol. The van der Waals surface area contributed by atoms with Gasteiger partial charge >= 0.3 is 18.1 Å². The third-order valence-electron chi connectivity index (χ3n) is 5.26. The topological polar surface area (TPSA) is 161 Å². The van der Waals surface area contributed by atoms with Crippen LogP contribution in [0.5, 0.6) is 11.8 Å². The molecule has 0 aliphatic carbocycles. The van der Waals surface area contributed by atoms with E-state index in [0.29, 0.717) is 16.6 Å². The first kappa shape index (κ1) is 33.6. The highest BCUT2D eigenvalue weighted by Crippen LogP contribution is 2.30. The van der Waals surface area contributed by atoms with Crippen molar-refractivity contribution in [1.82, 2.24) is 20.6 Å². The molecular formula is C28H30BrClN6O6S. The van der Waals surface area contributed by atoms with Crippen LogP contribution in [0, 0.1) is 0 Å². The molecule has 1 aromatic heterocycles. The van der Waals surface area contributed by atoms with E-state index in [-0.39, 0.29) is 33.7 Å². The number of halogens is 2. The maximum absolute atomic E-state index is 13.1. The monoisotopic (exact) mass is 692 g/mol. The molecule has 0 saturated carbocycles. The number of nitrogens with zero attached hydrogens (tertiary/aromatic N) is 2. The Morgan fingerprint density at radius 1 is 1.05 bits per heavy atom. The van der Waals surface area contributed by atoms with Crippen LogP contribution in [0.1, 0.15) is 37.6 Å². The van der Waals surface area contributed by atoms with E-state index in [2.05, 4.69) is 47.2 Å². The Hall–Kier alpha value is -3.88. The molecule has 1 atom stereocenters. The van der Waals surface area contributed by atoms with E-state index in [1.54, 1.807) is 32.9 Å². The Kier molecular flexibility index (Phi) is 12.2. The van der Waals surface area contributed by atoms with Crippen molar-refractivity contribution in [3.8, 4) is 11.8 Å². The highest BCUT2D eigenvalue weighted by molar-refractivity contribution is 9.10. The summed E-state index contributed by atoms with van der Waals surface area (Å²) in [6.07, 6.45) is 4.50. The Balaban J connectivity index is 1.64. The molecule has 0 aliphatic heterocycles. The third-order valence-corrected chi connectivity index (χ3v) is 6.61. The van der Waals surface area contributed by atoms with Crippen molar-refractivity contribution in [2.45, 2.75) is 38.8 Å². The summed E-state index contributed by atoms with van der Waals surface area (Å²) in [4.78, 5) is 59.1. The summed E-state index contributed by atoms with van der Waals surface area (Å²) in [7, 11) is 0. The van der Waals surface area contributed by atoms with Gasteiger partial charge < -0.3 is 25.4 Å². The van der Waals surface area contributed by atoms with Crippen molar-refractivity contribution in [2.75, 3.05) is 22.6 Å². The van der Waals surface area contributed by atoms with Gasteiger partial charge in [0.1, 0.15) is 17.4 Å². The lowest BCUT2D eigenvalue weighted by Crippen LogP contribution is -2.46. The molecule has 4 N–H and O–H groups in total. The minimum Gasteiger partial charge on any atom is -0.444 e. The van der Waals surface area contributed by atoms with Crippen LogP contribution in [0.4, 0.5) is 21.0 Å². The molecule has 228 valence electrons. The minimum absolute atomic E-state index is 0.0307. The number of hydrogen-bond acceptors (Lipinski definition) is 9. The van der Waals surface area contributed by atoms with Crippen molar-refractivity contribution in [3.63, 3.8) is 0 Å². The molecule has 0 saturated heterocycles. The van der Waals surface area contributed by atoms with Crippen LogP contribution in [0.15, 0.2) is 59.3 Å². The van der Waals surface area contributed by atoms with Crippen molar-refractivity contribution in [1.29, 1.82) is 0 Å². The van der Waals surface area contributed by atoms with Gasteiger partial charge in [0, 0.05) is 18.1 Å². The number of para-hydroxylation sites is 1. The number of amides is 5. The smallest absolute Gasteiger partial charge is 0.408 e. The summed E-state index contributed by atoms with van der Waals surface area (Å²) in [6, 6.07) is 8.94. The van der Waals surface area contributed by atoms with Crippen LogP contribution >= 0.6 is 39.3 Å². The first-order valence-electron chi connectivity index (χ1n) is 12.8. The summed E-state index contributed by atoms with van der Waals surface area (Å²) in [5.74, 6) is -0.471. The number of ether oxygens (including phenoxy) is 2. The largest absolute Gasteiger partial charge is 0.444 e. The molecule has 3 rings (SSSR count). The van der Waals surface area contributed by atoms with E-state index in [4.69, 9.17) is 21.1 Å². The lowest BCUT2D eigenvalue weighted by atomic mass is 10.1. The van der Waals surface area contributed by atoms with Crippen molar-refractivity contribution in [2.24, 2.45) is 0 Å². The molecule has 2 aromatic carbocycles. The van der Waals surface area contributed by atoms with E-state index in [9.17, 15) is 19.2 Å². The molecule has 1 heterocycles. The van der Waals surface area contributed by atoms with Crippen molar-refractivity contribution >= 4 is 74.6 Å². The van der Waals surface area contributed by atoms with E-state index in [1.165, 1.54) is 54.5 Å². The maximum atomic E-state index is 13.1. The van der Waals surface area contributed by atoms with Gasteiger partial charge in [-0.3, -0.25) is 14.9 Å². The number of imide groups is 1. The van der Waals surface area contributed by atoms with E-state index in [1.807, 2.05) is 6.26 Å². The SMILES string of the molecule is CSCC[C@H](NC(=O)OC(C)(C)C)C(=O)Nc1ccccc1C(=O)NC(=O)Nc1ccc(Oc2ncc(Br)cn2)c(Cl)c1. The standard InChI is InChI=1S/C28H30BrClN6O6S/c1-28(2,3)42-27(40)35-21(11-12-43-4)24(38)34-20-8-6-5-7-18(20)23(37)36-25(39)33-17-9-10-22(19(30)13-17)41-26-31-14-16(29)15-32-26/h5-10,13-15,21H,11-12H2,1-4H3,(H,34,38)(H,35,40)(H2,33,36,37,39)/t21-/m0/s1. The molecule has 0 fully saturated rings. The quantitative estimate of drug-likeness (QED) is 0.193. The minimum atomic E-state index is -0.922. The Morgan fingerprint density at radius 3 is 2.40 bits per heavy atom. The molecule has 0 bridgehead atoms. The number of benzene rings is 2. The number of alkyl carbamates (subject to hydrolysis) is 1. The fourth-order valence-corrected chi connectivity index (χ4v) is 4.31. The lowest BCUT2D eigenvalue weighted by Gasteiger charge is -2.23. The fourth-order valence-electron chi connectivity index (χ4n) is 3.41. The van der Waals surface area contributed by atoms with Crippen molar-refractivity contribution in [3.05, 3.63) is 69.9 Å². The van der Waals surface area contributed by atoms with Gasteiger partial charge in [-0.25, -0.2) is 19.6 Å². The molecule has 0 unspecified atom stereocenters. The molecule has 43 heavy (non-hydrogen) atoms. The van der Waals surface area contributed by atoms with Gasteiger partial charge in [-0.1, -0.05) is 23.7 Å². The van der Waals surface area contributed by atoms with E-state index >= 15 is 0 Å². The number of nitrogens with one attached hydrogen (secondary N) is 4. The second kappa shape index (κ2) is 15.5. The van der Waals surface area contributed by atoms with Gasteiger partial charge in [0.15, 0.2) is 0 Å². The predicted octanol–water partition coefficient (Wildman–Crippen LogP) is 6.23. The van der Waals surface area contributed by atoms with Gasteiger partial charge in [0.2, 0.25) is 5.91 Å². The van der Waals surface area contributed by atoms with Crippen LogP contribution in [-0.4, -0.2) is 57.6 Å². The summed E-state index contributed by atoms with van der Waals surface area (Å²) < 4.78 is 11.5. The summed E-state index contributed by atoms with van der Waals surface area (Å²) in [5.41, 5.74) is -0.280. The first-order valence-corrected chi connectivity index (χ1v) is 15.4. The second-order valence-electron chi connectivity index (χ2n) is 9.85. The van der Waals surface area contributed by atoms with Gasteiger partial charge in [-0.2, -0.15) is 11.8 Å². The number of anilines is 2. The summed E-state index contributed by atoms with van der Waals surface area (Å²) in [6.45, 7) is 5.15. The Bertz CT molecular complexity index is 1470. The highest BCUT2D eigenvalue weighted by Gasteiger charge is 2.25. The van der Waals surface area contributed by atoms with E-state index < -0.39 is 35.6 Å². The number of aromatic nitrogens is 2. The predicted molar refractivity (Wildman–Crippen MR) is 169 cm³/mol. The third kappa shape index (κ3) is 11.0. The number of carbonyl (C=O) groups is 4. The lowest BCUT2D eigenvalue weighted by molar-refractivity contribution is -0.118. The van der Waals surface area contributed by atoms with Gasteiger partial charge in [0.05, 0.1) is 20.7 Å². The molecule has 12 nitrogen and oxygen atoms in total. The molecule has 0 radical (unpaired) electrons. The van der Waals surface area contributed by atoms with Crippen LogP contribution in [0.25, 0.3) is 0 Å². The van der Waals surface area contributed by atoms with Gasteiger partial charge in [-0.05, 0) is 85.5 Å². The number of thioether (sulfide) groups is 1. The Labute approximate surface area is 266 Å². The van der Waals surface area contributed by atoms with Gasteiger partial charge in [0.25, 0.3) is 5.91 Å². The van der Waals surface area contributed by atoms with Crippen LogP contribution in [0.2, 0.25) is 5.02 Å². The summed E-state index contributed by atoms with van der Waals surface area (Å²) >= 11 is 11.0. The number of hydrogen-bond donors (Lipinski definition) is 4. The average Bonchev–Trinajstić information content (AvgIpc) is 2.92. The van der Waals surface area contributed by atoms with E-state index in [0.717, 1.165) is 0 Å². The normalized spacial score (nSPS) is 11.6. The fraction of sp³-hybridized carbons (Fsp3) is 0.286. The highest BCUT2D eigenvalue weighted by atomic mass is 79.9. The van der Waals surface area contributed by atoms with Crippen LogP contribution in [0.3, 0.4) is 0 Å². The second-order valence-corrected chi connectivity index (χ2v) is 12.2. The zero-order valence-corrected chi connectivity index (χ0v) is 26.9. The Morgan fingerprint density at radius 2 is 1.74 bits per heavy atom. The van der Waals surface area contributed by atoms with Crippen molar-refractivity contribution < 1.29 is 28.7 Å². The number of rotatable bonds is 10. The molecular weight excluding hydrogens is 664 g/mol. The molecule has 15 heteroatoms. The molecule has 0 aliphatic rings. The van der Waals surface area contributed by atoms with Crippen LogP contribution in [-0.2, 0) is 9.53 Å². The molecule has 0 spiro atoms. The summed E-state index contributed by atoms with van der Waals surface area (Å²) in [5, 5.41) is 10.2. The molecule has 5 amide bonds. The van der Waals surface area contributed by atoms with Gasteiger partial charge in [-0.15, -0.1) is 0 Å². The van der Waals surface area contributed by atoms with Crippen LogP contribution < -0.4 is 26.0 Å². The zero-order valence-electron chi connectivity index (χ0n) is 23.7. The number of urea groups is 1.